The lowest BCUT2D eigenvalue weighted by atomic mass is 10.3. The second-order valence-corrected chi connectivity index (χ2v) is 4.06. The van der Waals surface area contributed by atoms with E-state index in [4.69, 9.17) is 11.6 Å². The summed E-state index contributed by atoms with van der Waals surface area (Å²) < 4.78 is 0.804. The highest BCUT2D eigenvalue weighted by atomic mass is 35.5. The van der Waals surface area contributed by atoms with Gasteiger partial charge in [-0.15, -0.1) is 11.3 Å². The second kappa shape index (κ2) is 4.58. The first-order valence-electron chi connectivity index (χ1n) is 4.28. The van der Waals surface area contributed by atoms with Crippen molar-refractivity contribution in [2.45, 2.75) is 20.8 Å². The molecule has 0 aliphatic carbocycles. The van der Waals surface area contributed by atoms with Crippen molar-refractivity contribution in [2.75, 3.05) is 0 Å². The summed E-state index contributed by atoms with van der Waals surface area (Å²) in [7, 11) is 0. The summed E-state index contributed by atoms with van der Waals surface area (Å²) in [6, 6.07) is 5.97. The van der Waals surface area contributed by atoms with Crippen molar-refractivity contribution < 1.29 is 0 Å². The molecule has 70 valence electrons. The molecular formula is C10H12ClNS. The third-order valence-corrected chi connectivity index (χ3v) is 2.67. The lowest BCUT2D eigenvalue weighted by molar-refractivity contribution is 1.27. The number of aromatic nitrogens is 1. The first kappa shape index (κ1) is 10.5. The number of thiophene rings is 1. The van der Waals surface area contributed by atoms with Gasteiger partial charge in [-0.1, -0.05) is 31.5 Å². The van der Waals surface area contributed by atoms with Gasteiger partial charge in [0.05, 0.1) is 4.34 Å². The van der Waals surface area contributed by atoms with Crippen LogP contribution in [0.15, 0.2) is 18.2 Å². The zero-order valence-electron chi connectivity index (χ0n) is 7.97. The molecule has 0 fully saturated rings. The smallest absolute Gasteiger partial charge is 0.124 e. The van der Waals surface area contributed by atoms with Crippen LogP contribution in [-0.4, -0.2) is 4.98 Å². The minimum atomic E-state index is 0.804. The minimum absolute atomic E-state index is 0.804. The minimum Gasteiger partial charge on any atom is -0.242 e. The normalized spacial score (nSPS) is 9.54. The quantitative estimate of drug-likeness (QED) is 0.637. The Labute approximate surface area is 87.4 Å². The molecule has 1 nitrogen and oxygen atoms in total. The van der Waals surface area contributed by atoms with Gasteiger partial charge in [0.15, 0.2) is 0 Å². The van der Waals surface area contributed by atoms with E-state index in [1.165, 1.54) is 11.3 Å². The summed E-state index contributed by atoms with van der Waals surface area (Å²) in [4.78, 5) is 5.35. The van der Waals surface area contributed by atoms with Gasteiger partial charge >= 0.3 is 0 Å². The fourth-order valence-corrected chi connectivity index (χ4v) is 2.12. The van der Waals surface area contributed by atoms with E-state index in [0.29, 0.717) is 0 Å². The Bertz CT molecular complexity index is 395. The Morgan fingerprint density at radius 2 is 2.00 bits per heavy atom. The van der Waals surface area contributed by atoms with E-state index in [2.05, 4.69) is 4.98 Å². The molecule has 0 amide bonds. The van der Waals surface area contributed by atoms with Gasteiger partial charge < -0.3 is 0 Å². The summed E-state index contributed by atoms with van der Waals surface area (Å²) in [5, 5.41) is 1.13. The Kier molecular flexibility index (Phi) is 3.70. The molecule has 0 aromatic carbocycles. The van der Waals surface area contributed by atoms with Crippen molar-refractivity contribution in [3.05, 3.63) is 28.2 Å². The van der Waals surface area contributed by atoms with Gasteiger partial charge in [-0.05, 0) is 19.1 Å². The van der Waals surface area contributed by atoms with Crippen LogP contribution in [-0.2, 0) is 0 Å². The fraction of sp³-hybridized carbons (Fsp3) is 0.300. The number of nitrogens with zero attached hydrogens (tertiary/aromatic N) is 1. The topological polar surface area (TPSA) is 12.9 Å². The number of halogens is 1. The number of fused-ring (bicyclic) bond motifs is 1. The molecule has 2 heterocycles. The van der Waals surface area contributed by atoms with Gasteiger partial charge in [-0.2, -0.15) is 0 Å². The van der Waals surface area contributed by atoms with Crippen molar-refractivity contribution in [2.24, 2.45) is 0 Å². The molecule has 0 unspecified atom stereocenters. The predicted octanol–water partition coefficient (Wildman–Crippen LogP) is 4.28. The summed E-state index contributed by atoms with van der Waals surface area (Å²) in [5.74, 6) is 0. The lowest BCUT2D eigenvalue weighted by Gasteiger charge is -1.89. The third kappa shape index (κ3) is 2.42. The van der Waals surface area contributed by atoms with Crippen LogP contribution in [0.25, 0.3) is 10.2 Å². The lowest BCUT2D eigenvalue weighted by Crippen LogP contribution is -1.75. The van der Waals surface area contributed by atoms with Crippen LogP contribution < -0.4 is 0 Å². The maximum absolute atomic E-state index is 5.81. The Balaban J connectivity index is 0.000000396. The zero-order chi connectivity index (χ0) is 9.84. The molecule has 2 rings (SSSR count). The fourth-order valence-electron chi connectivity index (χ4n) is 0.979. The summed E-state index contributed by atoms with van der Waals surface area (Å²) in [6.07, 6.45) is 0. The van der Waals surface area contributed by atoms with Gasteiger partial charge in [0.25, 0.3) is 0 Å². The second-order valence-electron chi connectivity index (χ2n) is 2.40. The van der Waals surface area contributed by atoms with Crippen LogP contribution in [0.3, 0.4) is 0 Å². The van der Waals surface area contributed by atoms with Crippen LogP contribution in [0, 0.1) is 6.92 Å². The van der Waals surface area contributed by atoms with Crippen molar-refractivity contribution >= 4 is 33.2 Å². The molecule has 0 spiro atoms. The molecule has 0 aliphatic heterocycles. The molecule has 2 aromatic rings. The molecule has 0 atom stereocenters. The molecule has 13 heavy (non-hydrogen) atoms. The standard InChI is InChI=1S/C8H6ClNS.C2H6/c1-5-2-3-6-4-7(9)11-8(6)10-5;1-2/h2-4H,1H3;1-2H3. The van der Waals surface area contributed by atoms with Crippen LogP contribution in [0.4, 0.5) is 0 Å². The highest BCUT2D eigenvalue weighted by molar-refractivity contribution is 7.22. The van der Waals surface area contributed by atoms with Crippen molar-refractivity contribution in [1.29, 1.82) is 0 Å². The highest BCUT2D eigenvalue weighted by Crippen LogP contribution is 2.27. The Morgan fingerprint density at radius 1 is 1.31 bits per heavy atom. The van der Waals surface area contributed by atoms with Gasteiger partial charge in [0, 0.05) is 11.1 Å². The molecule has 0 aliphatic rings. The van der Waals surface area contributed by atoms with E-state index in [-0.39, 0.29) is 0 Å². The SMILES string of the molecule is CC.Cc1ccc2cc(Cl)sc2n1. The number of hydrogen-bond donors (Lipinski definition) is 0. The Morgan fingerprint density at radius 3 is 2.69 bits per heavy atom. The van der Waals surface area contributed by atoms with E-state index >= 15 is 0 Å². The molecule has 0 N–H and O–H groups in total. The van der Waals surface area contributed by atoms with E-state index in [9.17, 15) is 0 Å². The molecule has 0 radical (unpaired) electrons. The average Bonchev–Trinajstić information content (AvgIpc) is 2.48. The van der Waals surface area contributed by atoms with Crippen molar-refractivity contribution in [3.8, 4) is 0 Å². The van der Waals surface area contributed by atoms with Crippen molar-refractivity contribution in [3.63, 3.8) is 0 Å². The maximum atomic E-state index is 5.81. The summed E-state index contributed by atoms with van der Waals surface area (Å²) in [6.45, 7) is 5.98. The summed E-state index contributed by atoms with van der Waals surface area (Å²) >= 11 is 7.33. The molecule has 2 aromatic heterocycles. The first-order valence-corrected chi connectivity index (χ1v) is 5.48. The highest BCUT2D eigenvalue weighted by Gasteiger charge is 1.99. The third-order valence-electron chi connectivity index (χ3n) is 1.49. The molecule has 3 heteroatoms. The van der Waals surface area contributed by atoms with Crippen LogP contribution >= 0.6 is 22.9 Å². The van der Waals surface area contributed by atoms with Crippen LogP contribution in [0.5, 0.6) is 0 Å². The molecule has 0 bridgehead atoms. The Hall–Kier alpha value is -0.600. The number of pyridine rings is 1. The number of aryl methyl sites for hydroxylation is 1. The van der Waals surface area contributed by atoms with Crippen LogP contribution in [0.2, 0.25) is 4.34 Å². The number of hydrogen-bond acceptors (Lipinski definition) is 2. The first-order chi connectivity index (χ1) is 6.25. The molecular weight excluding hydrogens is 202 g/mol. The average molecular weight is 214 g/mol. The number of rotatable bonds is 0. The van der Waals surface area contributed by atoms with Gasteiger partial charge in [-0.25, -0.2) is 4.98 Å². The van der Waals surface area contributed by atoms with Gasteiger partial charge in [-0.3, -0.25) is 0 Å². The maximum Gasteiger partial charge on any atom is 0.124 e. The van der Waals surface area contributed by atoms with E-state index in [1.54, 1.807) is 0 Å². The molecule has 0 saturated heterocycles. The zero-order valence-corrected chi connectivity index (χ0v) is 9.54. The molecule has 0 saturated carbocycles. The predicted molar refractivity (Wildman–Crippen MR) is 60.7 cm³/mol. The van der Waals surface area contributed by atoms with Crippen molar-refractivity contribution in [1.82, 2.24) is 4.98 Å². The monoisotopic (exact) mass is 213 g/mol. The van der Waals surface area contributed by atoms with E-state index < -0.39 is 0 Å². The summed E-state index contributed by atoms with van der Waals surface area (Å²) in [5.41, 5.74) is 1.04. The van der Waals surface area contributed by atoms with Gasteiger partial charge in [0.2, 0.25) is 0 Å². The largest absolute Gasteiger partial charge is 0.242 e. The van der Waals surface area contributed by atoms with E-state index in [0.717, 1.165) is 20.2 Å². The van der Waals surface area contributed by atoms with E-state index in [1.807, 2.05) is 39.0 Å². The van der Waals surface area contributed by atoms with Gasteiger partial charge in [0.1, 0.15) is 4.83 Å². The van der Waals surface area contributed by atoms with Crippen LogP contribution in [0.1, 0.15) is 19.5 Å².